The van der Waals surface area contributed by atoms with Crippen LogP contribution in [-0.2, 0) is 0 Å². The molecule has 0 atom stereocenters. The van der Waals surface area contributed by atoms with Crippen LogP contribution < -0.4 is 4.90 Å². The van der Waals surface area contributed by atoms with Gasteiger partial charge in [0.2, 0.25) is 0 Å². The molecule has 0 aliphatic heterocycles. The van der Waals surface area contributed by atoms with Crippen molar-refractivity contribution in [3.05, 3.63) is 71.7 Å². The zero-order chi connectivity index (χ0) is 16.8. The van der Waals surface area contributed by atoms with E-state index in [0.717, 1.165) is 29.1 Å². The Kier molecular flexibility index (Phi) is 5.39. The van der Waals surface area contributed by atoms with Crippen molar-refractivity contribution in [3.63, 3.8) is 0 Å². The van der Waals surface area contributed by atoms with Gasteiger partial charge in [-0.25, -0.2) is 4.98 Å². The molecule has 1 heterocycles. The van der Waals surface area contributed by atoms with Crippen LogP contribution in [0.15, 0.2) is 66.0 Å². The van der Waals surface area contributed by atoms with Crippen LogP contribution in [0, 0.1) is 0 Å². The van der Waals surface area contributed by atoms with Crippen LogP contribution >= 0.6 is 11.3 Å². The van der Waals surface area contributed by atoms with E-state index in [1.54, 1.807) is 0 Å². The molecule has 122 valence electrons. The van der Waals surface area contributed by atoms with Crippen molar-refractivity contribution in [2.24, 2.45) is 0 Å². The van der Waals surface area contributed by atoms with Gasteiger partial charge in [-0.05, 0) is 18.6 Å². The summed E-state index contributed by atoms with van der Waals surface area (Å²) in [5.74, 6) is -0.0342. The van der Waals surface area contributed by atoms with Crippen LogP contribution in [-0.4, -0.2) is 17.4 Å². The fourth-order valence-corrected chi connectivity index (χ4v) is 3.30. The van der Waals surface area contributed by atoms with Crippen LogP contribution in [0.3, 0.4) is 0 Å². The summed E-state index contributed by atoms with van der Waals surface area (Å²) in [6, 6.07) is 19.8. The molecule has 0 aliphatic carbocycles. The molecule has 2 aromatic carbocycles. The number of hydrogen-bond acceptors (Lipinski definition) is 3. The molecule has 24 heavy (non-hydrogen) atoms. The Labute approximate surface area is 146 Å². The van der Waals surface area contributed by atoms with Gasteiger partial charge in [0, 0.05) is 23.2 Å². The smallest absolute Gasteiger partial charge is 0.277 e. The number of anilines is 1. The maximum atomic E-state index is 13.0. The Hall–Kier alpha value is -2.46. The number of hydrogen-bond donors (Lipinski definition) is 0. The molecule has 0 unspecified atom stereocenters. The average Bonchev–Trinajstić information content (AvgIpc) is 3.14. The van der Waals surface area contributed by atoms with E-state index in [4.69, 9.17) is 0 Å². The standard InChI is InChI=1S/C20H20N2OS/c1-2-3-14-22(17-12-8-5-9-13-17)20(23)18-15-24-19(21-18)16-10-6-4-7-11-16/h4-13,15H,2-3,14H2,1H3. The van der Waals surface area contributed by atoms with Gasteiger partial charge in [-0.1, -0.05) is 61.9 Å². The lowest BCUT2D eigenvalue weighted by molar-refractivity contribution is 0.0982. The minimum Gasteiger partial charge on any atom is -0.307 e. The topological polar surface area (TPSA) is 33.2 Å². The van der Waals surface area contributed by atoms with E-state index in [9.17, 15) is 4.79 Å². The average molecular weight is 336 g/mol. The highest BCUT2D eigenvalue weighted by molar-refractivity contribution is 7.13. The van der Waals surface area contributed by atoms with Crippen molar-refractivity contribution in [2.45, 2.75) is 19.8 Å². The number of unbranched alkanes of at least 4 members (excludes halogenated alkanes) is 1. The number of carbonyl (C=O) groups is 1. The van der Waals surface area contributed by atoms with E-state index in [1.165, 1.54) is 11.3 Å². The fourth-order valence-electron chi connectivity index (χ4n) is 2.50. The summed E-state index contributed by atoms with van der Waals surface area (Å²) >= 11 is 1.51. The fraction of sp³-hybridized carbons (Fsp3) is 0.200. The minimum absolute atomic E-state index is 0.0342. The van der Waals surface area contributed by atoms with Gasteiger partial charge in [-0.15, -0.1) is 11.3 Å². The molecular weight excluding hydrogens is 316 g/mol. The Morgan fingerprint density at radius 3 is 2.38 bits per heavy atom. The number of benzene rings is 2. The van der Waals surface area contributed by atoms with Crippen molar-refractivity contribution in [1.29, 1.82) is 0 Å². The van der Waals surface area contributed by atoms with Crippen molar-refractivity contribution >= 4 is 22.9 Å². The molecular formula is C20H20N2OS. The number of nitrogens with zero attached hydrogens (tertiary/aromatic N) is 2. The first-order valence-electron chi connectivity index (χ1n) is 8.17. The maximum Gasteiger partial charge on any atom is 0.277 e. The first-order chi connectivity index (χ1) is 11.8. The molecule has 0 saturated carbocycles. The van der Waals surface area contributed by atoms with Crippen molar-refractivity contribution < 1.29 is 4.79 Å². The van der Waals surface area contributed by atoms with E-state index >= 15 is 0 Å². The third-order valence-corrected chi connectivity index (χ3v) is 4.68. The second-order valence-electron chi connectivity index (χ2n) is 5.55. The third-order valence-electron chi connectivity index (χ3n) is 3.79. The molecule has 3 rings (SSSR count). The lowest BCUT2D eigenvalue weighted by atomic mass is 10.2. The van der Waals surface area contributed by atoms with Crippen LogP contribution in [0.2, 0.25) is 0 Å². The maximum absolute atomic E-state index is 13.0. The highest BCUT2D eigenvalue weighted by atomic mass is 32.1. The predicted molar refractivity (Wildman–Crippen MR) is 101 cm³/mol. The zero-order valence-corrected chi connectivity index (χ0v) is 14.5. The molecule has 0 bridgehead atoms. The molecule has 0 spiro atoms. The molecule has 0 N–H and O–H groups in total. The Balaban J connectivity index is 1.86. The van der Waals surface area contributed by atoms with Crippen molar-refractivity contribution in [3.8, 4) is 10.6 Å². The van der Waals surface area contributed by atoms with E-state index < -0.39 is 0 Å². The van der Waals surface area contributed by atoms with Crippen molar-refractivity contribution in [1.82, 2.24) is 4.98 Å². The number of carbonyl (C=O) groups excluding carboxylic acids is 1. The van der Waals surface area contributed by atoms with Gasteiger partial charge in [-0.2, -0.15) is 0 Å². The summed E-state index contributed by atoms with van der Waals surface area (Å²) in [7, 11) is 0. The Morgan fingerprint density at radius 2 is 1.71 bits per heavy atom. The number of para-hydroxylation sites is 1. The first kappa shape index (κ1) is 16.4. The van der Waals surface area contributed by atoms with Gasteiger partial charge in [0.05, 0.1) is 0 Å². The highest BCUT2D eigenvalue weighted by Gasteiger charge is 2.20. The molecule has 0 fully saturated rings. The Morgan fingerprint density at radius 1 is 1.04 bits per heavy atom. The summed E-state index contributed by atoms with van der Waals surface area (Å²) in [5, 5.41) is 2.73. The zero-order valence-electron chi connectivity index (χ0n) is 13.7. The quantitative estimate of drug-likeness (QED) is 0.615. The largest absolute Gasteiger partial charge is 0.307 e. The lowest BCUT2D eigenvalue weighted by Crippen LogP contribution is -2.32. The van der Waals surface area contributed by atoms with Gasteiger partial charge in [-0.3, -0.25) is 4.79 Å². The normalized spacial score (nSPS) is 10.5. The Bertz CT molecular complexity index is 784. The second-order valence-corrected chi connectivity index (χ2v) is 6.41. The summed E-state index contributed by atoms with van der Waals surface area (Å²) in [4.78, 5) is 19.4. The lowest BCUT2D eigenvalue weighted by Gasteiger charge is -2.21. The number of thiazole rings is 1. The van der Waals surface area contributed by atoms with Gasteiger partial charge in [0.1, 0.15) is 10.7 Å². The van der Waals surface area contributed by atoms with Crippen LogP contribution in [0.1, 0.15) is 30.3 Å². The number of rotatable bonds is 6. The van der Waals surface area contributed by atoms with Crippen LogP contribution in [0.25, 0.3) is 10.6 Å². The molecule has 3 nitrogen and oxygen atoms in total. The molecule has 0 radical (unpaired) electrons. The third kappa shape index (κ3) is 3.71. The van der Waals surface area contributed by atoms with Gasteiger partial charge in [0.25, 0.3) is 5.91 Å². The summed E-state index contributed by atoms with van der Waals surface area (Å²) in [5.41, 5.74) is 2.48. The monoisotopic (exact) mass is 336 g/mol. The summed E-state index contributed by atoms with van der Waals surface area (Å²) < 4.78 is 0. The second kappa shape index (κ2) is 7.88. The molecule has 0 saturated heterocycles. The molecule has 4 heteroatoms. The SMILES string of the molecule is CCCCN(C(=O)c1csc(-c2ccccc2)n1)c1ccccc1. The number of aromatic nitrogens is 1. The van der Waals surface area contributed by atoms with E-state index in [0.29, 0.717) is 12.2 Å². The summed E-state index contributed by atoms with van der Waals surface area (Å²) in [6.45, 7) is 2.83. The van der Waals surface area contributed by atoms with Gasteiger partial charge in [0.15, 0.2) is 0 Å². The van der Waals surface area contributed by atoms with Gasteiger partial charge < -0.3 is 4.90 Å². The van der Waals surface area contributed by atoms with E-state index in [2.05, 4.69) is 11.9 Å². The number of amides is 1. The molecule has 1 amide bonds. The summed E-state index contributed by atoms with van der Waals surface area (Å²) in [6.07, 6.45) is 2.01. The highest BCUT2D eigenvalue weighted by Crippen LogP contribution is 2.25. The molecule has 3 aromatic rings. The van der Waals surface area contributed by atoms with Crippen LogP contribution in [0.5, 0.6) is 0 Å². The molecule has 0 aliphatic rings. The minimum atomic E-state index is -0.0342. The van der Waals surface area contributed by atoms with E-state index in [1.807, 2.05) is 70.9 Å². The van der Waals surface area contributed by atoms with Crippen LogP contribution in [0.4, 0.5) is 5.69 Å². The molecule has 1 aromatic heterocycles. The van der Waals surface area contributed by atoms with Gasteiger partial charge >= 0.3 is 0 Å². The van der Waals surface area contributed by atoms with E-state index in [-0.39, 0.29) is 5.91 Å². The predicted octanol–water partition coefficient (Wildman–Crippen LogP) is 5.26. The first-order valence-corrected chi connectivity index (χ1v) is 9.05. The van der Waals surface area contributed by atoms with Crippen molar-refractivity contribution in [2.75, 3.05) is 11.4 Å².